The van der Waals surface area contributed by atoms with Gasteiger partial charge in [-0.05, 0) is 12.1 Å². The van der Waals surface area contributed by atoms with E-state index in [-0.39, 0.29) is 5.69 Å². The molecule has 2 rings (SSSR count). The van der Waals surface area contributed by atoms with Gasteiger partial charge in [-0.1, -0.05) is 0 Å². The number of nitro benzene ring substituents is 1. The Bertz CT molecular complexity index is 447. The topological polar surface area (TPSA) is 65.5 Å². The molecule has 0 fully saturated rings. The number of hydrogen-bond donors (Lipinski definition) is 0. The third kappa shape index (κ3) is 2.14. The molecule has 0 bridgehead atoms. The lowest BCUT2D eigenvalue weighted by molar-refractivity contribution is -0.384. The molecule has 0 aliphatic rings. The second-order valence-electron chi connectivity index (χ2n) is 2.81. The monoisotopic (exact) mass is 205 g/mol. The van der Waals surface area contributed by atoms with Crippen molar-refractivity contribution >= 4 is 5.69 Å². The van der Waals surface area contributed by atoms with E-state index in [0.29, 0.717) is 11.5 Å². The van der Waals surface area contributed by atoms with Crippen LogP contribution in [0.3, 0.4) is 0 Å². The van der Waals surface area contributed by atoms with E-state index in [4.69, 9.17) is 9.15 Å². The third-order valence-electron chi connectivity index (χ3n) is 1.78. The Morgan fingerprint density at radius 3 is 2.40 bits per heavy atom. The SMILES string of the molecule is O=[N+]([O-])c1ccc(Oc2ccoc2)cc1. The molecule has 5 nitrogen and oxygen atoms in total. The van der Waals surface area contributed by atoms with Crippen LogP contribution in [-0.4, -0.2) is 4.92 Å². The van der Waals surface area contributed by atoms with E-state index >= 15 is 0 Å². The maximum absolute atomic E-state index is 10.4. The summed E-state index contributed by atoms with van der Waals surface area (Å²) in [6, 6.07) is 7.49. The molecule has 5 heteroatoms. The summed E-state index contributed by atoms with van der Waals surface area (Å²) >= 11 is 0. The van der Waals surface area contributed by atoms with Crippen molar-refractivity contribution in [1.82, 2.24) is 0 Å². The molecule has 0 aliphatic carbocycles. The van der Waals surface area contributed by atoms with Crippen LogP contribution in [0.5, 0.6) is 11.5 Å². The zero-order valence-electron chi connectivity index (χ0n) is 7.62. The minimum atomic E-state index is -0.457. The van der Waals surface area contributed by atoms with Gasteiger partial charge in [0.25, 0.3) is 5.69 Å². The van der Waals surface area contributed by atoms with Crippen molar-refractivity contribution in [2.75, 3.05) is 0 Å². The average molecular weight is 205 g/mol. The molecule has 0 unspecified atom stereocenters. The first-order valence-electron chi connectivity index (χ1n) is 4.20. The first kappa shape index (κ1) is 9.26. The summed E-state index contributed by atoms with van der Waals surface area (Å²) in [7, 11) is 0. The second-order valence-corrected chi connectivity index (χ2v) is 2.81. The molecule has 0 atom stereocenters. The van der Waals surface area contributed by atoms with Crippen LogP contribution in [0.2, 0.25) is 0 Å². The molecule has 1 heterocycles. The van der Waals surface area contributed by atoms with E-state index in [9.17, 15) is 10.1 Å². The lowest BCUT2D eigenvalue weighted by atomic mass is 10.3. The third-order valence-corrected chi connectivity index (χ3v) is 1.78. The van der Waals surface area contributed by atoms with E-state index in [1.165, 1.54) is 36.8 Å². The lowest BCUT2D eigenvalue weighted by Crippen LogP contribution is -1.87. The van der Waals surface area contributed by atoms with Crippen molar-refractivity contribution in [2.24, 2.45) is 0 Å². The lowest BCUT2D eigenvalue weighted by Gasteiger charge is -2.00. The first-order chi connectivity index (χ1) is 7.25. The second kappa shape index (κ2) is 3.83. The standard InChI is InChI=1S/C10H7NO4/c12-11(13)8-1-3-9(4-2-8)15-10-5-6-14-7-10/h1-7H. The number of rotatable bonds is 3. The molecule has 0 aliphatic heterocycles. The van der Waals surface area contributed by atoms with Crippen LogP contribution in [-0.2, 0) is 0 Å². The number of ether oxygens (including phenoxy) is 1. The smallest absolute Gasteiger partial charge is 0.269 e. The largest absolute Gasteiger partial charge is 0.469 e. The summed E-state index contributed by atoms with van der Waals surface area (Å²) in [5, 5.41) is 10.4. The minimum absolute atomic E-state index is 0.0366. The fourth-order valence-electron chi connectivity index (χ4n) is 1.08. The number of hydrogen-bond acceptors (Lipinski definition) is 4. The Labute approximate surface area is 85.0 Å². The highest BCUT2D eigenvalue weighted by atomic mass is 16.6. The number of furan rings is 1. The van der Waals surface area contributed by atoms with Crippen molar-refractivity contribution in [1.29, 1.82) is 0 Å². The van der Waals surface area contributed by atoms with Gasteiger partial charge in [-0.25, -0.2) is 0 Å². The van der Waals surface area contributed by atoms with Gasteiger partial charge in [0.1, 0.15) is 12.0 Å². The van der Waals surface area contributed by atoms with Gasteiger partial charge in [0.05, 0.1) is 11.2 Å². The Balaban J connectivity index is 2.14. The highest BCUT2D eigenvalue weighted by Gasteiger charge is 2.05. The van der Waals surface area contributed by atoms with Gasteiger partial charge in [0.2, 0.25) is 0 Å². The minimum Gasteiger partial charge on any atom is -0.469 e. The van der Waals surface area contributed by atoms with Gasteiger partial charge in [0.15, 0.2) is 5.75 Å². The molecule has 0 spiro atoms. The predicted octanol–water partition coefficient (Wildman–Crippen LogP) is 2.98. The molecular formula is C10H7NO4. The number of benzene rings is 1. The van der Waals surface area contributed by atoms with Crippen LogP contribution in [0.25, 0.3) is 0 Å². The van der Waals surface area contributed by atoms with E-state index in [1.807, 2.05) is 0 Å². The van der Waals surface area contributed by atoms with Gasteiger partial charge in [-0.15, -0.1) is 0 Å². The molecule has 2 aromatic rings. The van der Waals surface area contributed by atoms with Gasteiger partial charge in [-0.2, -0.15) is 0 Å². The predicted molar refractivity (Wildman–Crippen MR) is 51.9 cm³/mol. The van der Waals surface area contributed by atoms with Crippen molar-refractivity contribution in [3.63, 3.8) is 0 Å². The summed E-state index contributed by atoms with van der Waals surface area (Å²) in [6.45, 7) is 0. The summed E-state index contributed by atoms with van der Waals surface area (Å²) in [5.41, 5.74) is 0.0366. The zero-order chi connectivity index (χ0) is 10.7. The van der Waals surface area contributed by atoms with Gasteiger partial charge >= 0.3 is 0 Å². The van der Waals surface area contributed by atoms with Crippen molar-refractivity contribution in [3.05, 3.63) is 53.0 Å². The molecule has 0 radical (unpaired) electrons. The molecular weight excluding hydrogens is 198 g/mol. The highest BCUT2D eigenvalue weighted by Crippen LogP contribution is 2.23. The first-order valence-corrected chi connectivity index (χ1v) is 4.20. The molecule has 76 valence electrons. The molecule has 1 aromatic heterocycles. The van der Waals surface area contributed by atoms with Gasteiger partial charge < -0.3 is 9.15 Å². The molecule has 15 heavy (non-hydrogen) atoms. The van der Waals surface area contributed by atoms with Gasteiger partial charge in [-0.3, -0.25) is 10.1 Å². The van der Waals surface area contributed by atoms with Crippen molar-refractivity contribution < 1.29 is 14.1 Å². The molecule has 0 N–H and O–H groups in total. The maximum Gasteiger partial charge on any atom is 0.269 e. The highest BCUT2D eigenvalue weighted by molar-refractivity contribution is 5.37. The van der Waals surface area contributed by atoms with Gasteiger partial charge in [0, 0.05) is 18.2 Å². The Morgan fingerprint density at radius 1 is 1.13 bits per heavy atom. The summed E-state index contributed by atoms with van der Waals surface area (Å²) in [5.74, 6) is 1.09. The molecule has 0 saturated heterocycles. The quantitative estimate of drug-likeness (QED) is 0.570. The number of non-ortho nitro benzene ring substituents is 1. The Hall–Kier alpha value is -2.30. The van der Waals surface area contributed by atoms with Crippen LogP contribution in [0, 0.1) is 10.1 Å². The average Bonchev–Trinajstić information content (AvgIpc) is 2.71. The Kier molecular flexibility index (Phi) is 2.37. The number of nitrogens with zero attached hydrogens (tertiary/aromatic N) is 1. The fourth-order valence-corrected chi connectivity index (χ4v) is 1.08. The number of nitro groups is 1. The maximum atomic E-state index is 10.4. The summed E-state index contributed by atoms with van der Waals surface area (Å²) in [6.07, 6.45) is 2.93. The molecule has 1 aromatic carbocycles. The van der Waals surface area contributed by atoms with Crippen LogP contribution in [0.4, 0.5) is 5.69 Å². The Morgan fingerprint density at radius 2 is 1.87 bits per heavy atom. The summed E-state index contributed by atoms with van der Waals surface area (Å²) in [4.78, 5) is 9.92. The van der Waals surface area contributed by atoms with E-state index in [2.05, 4.69) is 0 Å². The summed E-state index contributed by atoms with van der Waals surface area (Å²) < 4.78 is 10.2. The van der Waals surface area contributed by atoms with Crippen LogP contribution in [0.1, 0.15) is 0 Å². The molecule has 0 amide bonds. The van der Waals surface area contributed by atoms with Crippen LogP contribution >= 0.6 is 0 Å². The molecule has 0 saturated carbocycles. The van der Waals surface area contributed by atoms with Crippen LogP contribution < -0.4 is 4.74 Å². The fraction of sp³-hybridized carbons (Fsp3) is 0. The van der Waals surface area contributed by atoms with E-state index in [1.54, 1.807) is 6.07 Å². The van der Waals surface area contributed by atoms with Crippen molar-refractivity contribution in [2.45, 2.75) is 0 Å². The van der Waals surface area contributed by atoms with Crippen molar-refractivity contribution in [3.8, 4) is 11.5 Å². The van der Waals surface area contributed by atoms with E-state index in [0.717, 1.165) is 0 Å². The van der Waals surface area contributed by atoms with Crippen LogP contribution in [0.15, 0.2) is 47.3 Å². The normalized spacial score (nSPS) is 9.87. The van der Waals surface area contributed by atoms with E-state index < -0.39 is 4.92 Å². The zero-order valence-corrected chi connectivity index (χ0v) is 7.62.